The van der Waals surface area contributed by atoms with Crippen LogP contribution in [0, 0.1) is 11.3 Å². The summed E-state index contributed by atoms with van der Waals surface area (Å²) in [6, 6.07) is 0. The van der Waals surface area contributed by atoms with Gasteiger partial charge in [-0.1, -0.05) is 0 Å². The maximum atomic E-state index is 11.4. The van der Waals surface area contributed by atoms with Gasteiger partial charge in [0.1, 0.15) is 6.10 Å². The molecule has 0 aromatic heterocycles. The molecule has 11 heavy (non-hydrogen) atoms. The van der Waals surface area contributed by atoms with E-state index >= 15 is 0 Å². The summed E-state index contributed by atoms with van der Waals surface area (Å²) in [4.78, 5) is 11.4. The number of rotatable bonds is 0. The second-order valence-corrected chi connectivity index (χ2v) is 4.19. The van der Waals surface area contributed by atoms with Gasteiger partial charge in [0.15, 0.2) is 0 Å². The third-order valence-corrected chi connectivity index (χ3v) is 3.63. The van der Waals surface area contributed by atoms with Gasteiger partial charge in [-0.25, -0.2) is 0 Å². The van der Waals surface area contributed by atoms with Crippen LogP contribution in [0.2, 0.25) is 0 Å². The van der Waals surface area contributed by atoms with Gasteiger partial charge in [0, 0.05) is 0 Å². The summed E-state index contributed by atoms with van der Waals surface area (Å²) in [6.45, 7) is 0. The quantitative estimate of drug-likeness (QED) is 0.491. The first kappa shape index (κ1) is 6.04. The highest BCUT2D eigenvalue weighted by Crippen LogP contribution is 2.61. The predicted octanol–water partition coefficient (Wildman–Crippen LogP) is 1.49. The number of hydrogen-bond acceptors (Lipinski definition) is 2. The molecule has 0 aromatic rings. The molecule has 0 N–H and O–H groups in total. The van der Waals surface area contributed by atoms with E-state index in [0.717, 1.165) is 25.7 Å². The fourth-order valence-corrected chi connectivity index (χ4v) is 2.73. The molecule has 1 aliphatic heterocycles. The number of fused-ring (bicyclic) bond motifs is 3. The van der Waals surface area contributed by atoms with Gasteiger partial charge >= 0.3 is 5.97 Å². The fraction of sp³-hybridized carbons (Fsp3) is 0.889. The minimum atomic E-state index is 0.0347. The smallest absolute Gasteiger partial charge is 0.312 e. The first-order valence-corrected chi connectivity index (χ1v) is 4.52. The molecular weight excluding hydrogens is 140 g/mol. The summed E-state index contributed by atoms with van der Waals surface area (Å²) >= 11 is 0. The molecule has 2 saturated carbocycles. The van der Waals surface area contributed by atoms with E-state index in [0.29, 0.717) is 12.0 Å². The van der Waals surface area contributed by atoms with E-state index in [9.17, 15) is 4.79 Å². The number of carbonyl (C=O) groups excluding carboxylic acids is 1. The van der Waals surface area contributed by atoms with E-state index in [-0.39, 0.29) is 11.4 Å². The van der Waals surface area contributed by atoms with Crippen molar-refractivity contribution in [2.45, 2.75) is 38.2 Å². The number of esters is 1. The van der Waals surface area contributed by atoms with Crippen molar-refractivity contribution in [3.63, 3.8) is 0 Å². The van der Waals surface area contributed by atoms with Crippen LogP contribution in [-0.4, -0.2) is 12.1 Å². The average molecular weight is 152 g/mol. The van der Waals surface area contributed by atoms with E-state index in [1.807, 2.05) is 0 Å². The summed E-state index contributed by atoms with van der Waals surface area (Å²) in [5.74, 6) is 0.810. The van der Waals surface area contributed by atoms with E-state index in [4.69, 9.17) is 4.74 Å². The molecular formula is C9H12O2. The van der Waals surface area contributed by atoms with Gasteiger partial charge in [0.2, 0.25) is 0 Å². The highest BCUT2D eigenvalue weighted by Gasteiger charge is 2.61. The monoisotopic (exact) mass is 152 g/mol. The Morgan fingerprint density at radius 2 is 2.18 bits per heavy atom. The Labute approximate surface area is 65.9 Å². The maximum absolute atomic E-state index is 11.4. The number of hydrogen-bond donors (Lipinski definition) is 0. The van der Waals surface area contributed by atoms with Crippen molar-refractivity contribution < 1.29 is 9.53 Å². The second-order valence-electron chi connectivity index (χ2n) is 4.19. The van der Waals surface area contributed by atoms with Gasteiger partial charge in [-0.2, -0.15) is 0 Å². The van der Waals surface area contributed by atoms with Crippen LogP contribution < -0.4 is 0 Å². The van der Waals surface area contributed by atoms with Crippen LogP contribution in [0.5, 0.6) is 0 Å². The van der Waals surface area contributed by atoms with Crippen molar-refractivity contribution in [3.8, 4) is 0 Å². The summed E-state index contributed by atoms with van der Waals surface area (Å²) < 4.78 is 5.32. The van der Waals surface area contributed by atoms with Crippen LogP contribution in [0.1, 0.15) is 32.1 Å². The summed E-state index contributed by atoms with van der Waals surface area (Å²) in [5.41, 5.74) is 0.0347. The van der Waals surface area contributed by atoms with E-state index in [1.165, 1.54) is 6.42 Å². The topological polar surface area (TPSA) is 26.3 Å². The third-order valence-electron chi connectivity index (χ3n) is 3.63. The van der Waals surface area contributed by atoms with Crippen molar-refractivity contribution in [2.24, 2.45) is 11.3 Å². The molecule has 2 atom stereocenters. The molecule has 3 aliphatic rings. The molecule has 0 radical (unpaired) electrons. The van der Waals surface area contributed by atoms with Crippen molar-refractivity contribution >= 4 is 5.97 Å². The zero-order valence-corrected chi connectivity index (χ0v) is 6.51. The Hall–Kier alpha value is -0.530. The zero-order chi connectivity index (χ0) is 7.47. The lowest BCUT2D eigenvalue weighted by molar-refractivity contribution is -0.162. The first-order valence-electron chi connectivity index (χ1n) is 4.52. The van der Waals surface area contributed by atoms with Gasteiger partial charge in [-0.3, -0.25) is 4.79 Å². The van der Waals surface area contributed by atoms with Crippen molar-refractivity contribution in [1.29, 1.82) is 0 Å². The Morgan fingerprint density at radius 3 is 2.91 bits per heavy atom. The summed E-state index contributed by atoms with van der Waals surface area (Å²) in [5, 5.41) is 0. The number of ether oxygens (including phenoxy) is 1. The molecule has 1 heterocycles. The van der Waals surface area contributed by atoms with Crippen LogP contribution in [0.4, 0.5) is 0 Å². The van der Waals surface area contributed by atoms with Crippen LogP contribution in [0.3, 0.4) is 0 Å². The molecule has 2 bridgehead atoms. The van der Waals surface area contributed by atoms with Crippen LogP contribution in [-0.2, 0) is 9.53 Å². The van der Waals surface area contributed by atoms with E-state index in [1.54, 1.807) is 0 Å². The summed E-state index contributed by atoms with van der Waals surface area (Å²) in [7, 11) is 0. The van der Waals surface area contributed by atoms with E-state index in [2.05, 4.69) is 0 Å². The fourth-order valence-electron chi connectivity index (χ4n) is 2.73. The SMILES string of the molecule is O=C1OC2CCC(C2)C12CC2. The highest BCUT2D eigenvalue weighted by atomic mass is 16.5. The molecule has 1 spiro atoms. The number of carbonyl (C=O) groups is 1. The van der Waals surface area contributed by atoms with Gasteiger partial charge in [-0.05, 0) is 38.0 Å². The molecule has 2 unspecified atom stereocenters. The van der Waals surface area contributed by atoms with E-state index < -0.39 is 0 Å². The molecule has 0 aromatic carbocycles. The normalized spacial score (nSPS) is 44.2. The van der Waals surface area contributed by atoms with Crippen molar-refractivity contribution in [3.05, 3.63) is 0 Å². The van der Waals surface area contributed by atoms with Crippen LogP contribution in [0.25, 0.3) is 0 Å². The Kier molecular flexibility index (Phi) is 0.890. The largest absolute Gasteiger partial charge is 0.462 e. The Balaban J connectivity index is 1.98. The van der Waals surface area contributed by atoms with Crippen molar-refractivity contribution in [1.82, 2.24) is 0 Å². The van der Waals surface area contributed by atoms with Crippen LogP contribution in [0.15, 0.2) is 0 Å². The van der Waals surface area contributed by atoms with Gasteiger partial charge in [0.25, 0.3) is 0 Å². The molecule has 0 amide bonds. The van der Waals surface area contributed by atoms with Gasteiger partial charge < -0.3 is 4.74 Å². The predicted molar refractivity (Wildman–Crippen MR) is 38.9 cm³/mol. The zero-order valence-electron chi connectivity index (χ0n) is 6.51. The first-order chi connectivity index (χ1) is 5.31. The van der Waals surface area contributed by atoms with Crippen LogP contribution >= 0.6 is 0 Å². The molecule has 1 saturated heterocycles. The molecule has 3 fully saturated rings. The standard InChI is InChI=1S/C9H12O2/c10-8-9(3-4-9)6-1-2-7(5-6)11-8/h6-7H,1-5H2. The molecule has 2 heteroatoms. The lowest BCUT2D eigenvalue weighted by atomic mass is 9.86. The third kappa shape index (κ3) is 0.608. The van der Waals surface area contributed by atoms with Gasteiger partial charge in [-0.15, -0.1) is 0 Å². The summed E-state index contributed by atoms with van der Waals surface area (Å²) in [6.07, 6.45) is 6.01. The van der Waals surface area contributed by atoms with Crippen molar-refractivity contribution in [2.75, 3.05) is 0 Å². The minimum Gasteiger partial charge on any atom is -0.462 e. The lowest BCUT2D eigenvalue weighted by Gasteiger charge is -2.27. The molecule has 2 nitrogen and oxygen atoms in total. The molecule has 2 aliphatic carbocycles. The van der Waals surface area contributed by atoms with Gasteiger partial charge in [0.05, 0.1) is 5.41 Å². The molecule has 3 rings (SSSR count). The molecule has 60 valence electrons. The second kappa shape index (κ2) is 1.62. The average Bonchev–Trinajstić information content (AvgIpc) is 2.69. The highest BCUT2D eigenvalue weighted by molar-refractivity contribution is 5.81. The lowest BCUT2D eigenvalue weighted by Crippen LogP contribution is -2.33. The minimum absolute atomic E-state index is 0.0347. The Morgan fingerprint density at radius 1 is 1.36 bits per heavy atom. The maximum Gasteiger partial charge on any atom is 0.312 e. The Bertz CT molecular complexity index is 218.